The van der Waals surface area contributed by atoms with Crippen LogP contribution in [0, 0.1) is 0 Å². The molecule has 2 rings (SSSR count). The average Bonchev–Trinajstić information content (AvgIpc) is 2.86. The van der Waals surface area contributed by atoms with E-state index in [1.807, 2.05) is 0 Å². The highest BCUT2D eigenvalue weighted by Crippen LogP contribution is 2.17. The molecule has 0 spiro atoms. The predicted molar refractivity (Wildman–Crippen MR) is 74.0 cm³/mol. The largest absolute Gasteiger partial charge is 0.367 e. The van der Waals surface area contributed by atoms with Gasteiger partial charge in [0.25, 0.3) is 0 Å². The van der Waals surface area contributed by atoms with E-state index in [1.54, 1.807) is 14.0 Å². The summed E-state index contributed by atoms with van der Waals surface area (Å²) in [5.41, 5.74) is 1.19. The van der Waals surface area contributed by atoms with E-state index >= 15 is 0 Å². The zero-order valence-electron chi connectivity index (χ0n) is 10.8. The fraction of sp³-hybridized carbons (Fsp3) is 0.500. The van der Waals surface area contributed by atoms with Gasteiger partial charge in [0, 0.05) is 19.3 Å². The fourth-order valence-corrected chi connectivity index (χ4v) is 2.24. The molecule has 0 fully saturated rings. The maximum absolute atomic E-state index is 11.4. The summed E-state index contributed by atoms with van der Waals surface area (Å²) < 4.78 is 22.8. The first-order valence-corrected chi connectivity index (χ1v) is 7.71. The second kappa shape index (κ2) is 5.39. The number of nitrogens with zero attached hydrogens (tertiary/aromatic N) is 3. The van der Waals surface area contributed by atoms with Crippen molar-refractivity contribution < 1.29 is 8.42 Å². The molecular weight excluding hydrogens is 268 g/mol. The number of rotatable bonds is 6. The number of hydrogen-bond acceptors (Lipinski definition) is 7. The molecule has 2 aromatic heterocycles. The van der Waals surface area contributed by atoms with Gasteiger partial charge in [0.1, 0.15) is 5.52 Å². The molecule has 0 radical (unpaired) electrons. The summed E-state index contributed by atoms with van der Waals surface area (Å²) in [6, 6.07) is 0. The van der Waals surface area contributed by atoms with E-state index < -0.39 is 9.84 Å². The summed E-state index contributed by atoms with van der Waals surface area (Å²) >= 11 is 0. The lowest BCUT2D eigenvalue weighted by molar-refractivity contribution is 0.597. The number of anilines is 2. The van der Waals surface area contributed by atoms with Crippen LogP contribution in [0.5, 0.6) is 0 Å². The Kier molecular flexibility index (Phi) is 3.84. The Hall–Kier alpha value is -1.90. The molecule has 2 heterocycles. The summed E-state index contributed by atoms with van der Waals surface area (Å²) in [7, 11) is -1.29. The summed E-state index contributed by atoms with van der Waals surface area (Å²) in [5.74, 6) is 1.18. The summed E-state index contributed by atoms with van der Waals surface area (Å²) in [5, 5.41) is 5.83. The lowest BCUT2D eigenvalue weighted by Gasteiger charge is -2.07. The fourth-order valence-electron chi connectivity index (χ4n) is 1.54. The Bertz CT molecular complexity index is 666. The first-order chi connectivity index (χ1) is 9.05. The number of fused-ring (bicyclic) bond motifs is 1. The van der Waals surface area contributed by atoms with Gasteiger partial charge in [-0.05, 0) is 0 Å². The summed E-state index contributed by atoms with van der Waals surface area (Å²) in [6.45, 7) is 1.93. The van der Waals surface area contributed by atoms with Crippen LogP contribution in [0.25, 0.3) is 11.2 Å². The summed E-state index contributed by atoms with van der Waals surface area (Å²) in [6.07, 6.45) is 1.52. The zero-order chi connectivity index (χ0) is 13.9. The van der Waals surface area contributed by atoms with Crippen molar-refractivity contribution in [2.75, 3.05) is 35.7 Å². The SMILES string of the molecule is CCS(=O)(=O)CCNc1nc(NC)nc2nc[nH]c12. The van der Waals surface area contributed by atoms with Crippen LogP contribution in [-0.4, -0.2) is 53.5 Å². The van der Waals surface area contributed by atoms with Gasteiger partial charge in [0.2, 0.25) is 5.95 Å². The molecule has 19 heavy (non-hydrogen) atoms. The van der Waals surface area contributed by atoms with E-state index in [9.17, 15) is 8.42 Å². The zero-order valence-corrected chi connectivity index (χ0v) is 11.6. The Morgan fingerprint density at radius 2 is 2.16 bits per heavy atom. The van der Waals surface area contributed by atoms with Crippen molar-refractivity contribution >= 4 is 32.8 Å². The first-order valence-electron chi connectivity index (χ1n) is 5.89. The number of H-pyrrole nitrogens is 1. The van der Waals surface area contributed by atoms with Gasteiger partial charge in [-0.25, -0.2) is 13.4 Å². The number of aromatic nitrogens is 4. The molecule has 3 N–H and O–H groups in total. The molecule has 0 atom stereocenters. The highest BCUT2D eigenvalue weighted by Gasteiger charge is 2.11. The van der Waals surface area contributed by atoms with Crippen molar-refractivity contribution in [3.8, 4) is 0 Å². The molecular formula is C10H16N6O2S. The monoisotopic (exact) mass is 284 g/mol. The maximum atomic E-state index is 11.4. The average molecular weight is 284 g/mol. The van der Waals surface area contributed by atoms with Crippen LogP contribution in [0.1, 0.15) is 6.92 Å². The van der Waals surface area contributed by atoms with Crippen molar-refractivity contribution in [3.63, 3.8) is 0 Å². The molecule has 0 bridgehead atoms. The van der Waals surface area contributed by atoms with Gasteiger partial charge in [0.05, 0.1) is 12.1 Å². The number of aromatic amines is 1. The number of imidazole rings is 1. The Balaban J connectivity index is 2.17. The first kappa shape index (κ1) is 13.5. The molecule has 9 heteroatoms. The van der Waals surface area contributed by atoms with Gasteiger partial charge in [-0.15, -0.1) is 0 Å². The third kappa shape index (κ3) is 3.11. The van der Waals surface area contributed by atoms with Crippen molar-refractivity contribution in [2.24, 2.45) is 0 Å². The van der Waals surface area contributed by atoms with Gasteiger partial charge >= 0.3 is 0 Å². The smallest absolute Gasteiger partial charge is 0.226 e. The molecule has 0 aromatic carbocycles. The minimum absolute atomic E-state index is 0.0675. The molecule has 104 valence electrons. The number of sulfone groups is 1. The molecule has 0 unspecified atom stereocenters. The standard InChI is InChI=1S/C10H16N6O2S/c1-3-19(17,18)5-4-12-8-7-9(14-6-13-7)16-10(11-2)15-8/h6H,3-5H2,1-2H3,(H3,11,12,13,14,15,16). The van der Waals surface area contributed by atoms with Crippen LogP contribution in [0.2, 0.25) is 0 Å². The van der Waals surface area contributed by atoms with Gasteiger partial charge in [-0.1, -0.05) is 6.92 Å². The molecule has 8 nitrogen and oxygen atoms in total. The van der Waals surface area contributed by atoms with Crippen LogP contribution >= 0.6 is 0 Å². The second-order valence-corrected chi connectivity index (χ2v) is 6.38. The van der Waals surface area contributed by atoms with Crippen molar-refractivity contribution in [1.29, 1.82) is 0 Å². The minimum atomic E-state index is -2.99. The van der Waals surface area contributed by atoms with Crippen molar-refractivity contribution in [3.05, 3.63) is 6.33 Å². The quantitative estimate of drug-likeness (QED) is 0.696. The Morgan fingerprint density at radius 1 is 1.37 bits per heavy atom. The third-order valence-corrected chi connectivity index (χ3v) is 4.36. The van der Waals surface area contributed by atoms with E-state index in [4.69, 9.17) is 0 Å². The molecule has 0 saturated heterocycles. The summed E-state index contributed by atoms with van der Waals surface area (Å²) in [4.78, 5) is 15.4. The van der Waals surface area contributed by atoms with Gasteiger partial charge in [0.15, 0.2) is 21.3 Å². The van der Waals surface area contributed by atoms with E-state index in [2.05, 4.69) is 30.6 Å². The van der Waals surface area contributed by atoms with Gasteiger partial charge in [-0.2, -0.15) is 9.97 Å². The molecule has 0 aliphatic heterocycles. The van der Waals surface area contributed by atoms with Crippen LogP contribution in [0.3, 0.4) is 0 Å². The maximum Gasteiger partial charge on any atom is 0.226 e. The molecule has 2 aromatic rings. The third-order valence-electron chi connectivity index (χ3n) is 2.65. The topological polar surface area (TPSA) is 113 Å². The highest BCUT2D eigenvalue weighted by molar-refractivity contribution is 7.91. The molecule has 0 saturated carbocycles. The Labute approximate surface area is 111 Å². The molecule has 0 aliphatic carbocycles. The second-order valence-electron chi connectivity index (χ2n) is 3.91. The van der Waals surface area contributed by atoms with Crippen molar-refractivity contribution in [2.45, 2.75) is 6.92 Å². The number of nitrogens with one attached hydrogen (secondary N) is 3. The molecule has 0 amide bonds. The number of hydrogen-bond donors (Lipinski definition) is 3. The highest BCUT2D eigenvalue weighted by atomic mass is 32.2. The lowest BCUT2D eigenvalue weighted by Crippen LogP contribution is -2.18. The molecule has 0 aliphatic rings. The normalized spacial score (nSPS) is 11.7. The van der Waals surface area contributed by atoms with Gasteiger partial charge in [-0.3, -0.25) is 0 Å². The minimum Gasteiger partial charge on any atom is -0.367 e. The van der Waals surface area contributed by atoms with Gasteiger partial charge < -0.3 is 15.6 Å². The predicted octanol–water partition coefficient (Wildman–Crippen LogP) is 0.241. The lowest BCUT2D eigenvalue weighted by atomic mass is 10.5. The van der Waals surface area contributed by atoms with E-state index in [1.165, 1.54) is 6.33 Å². The van der Waals surface area contributed by atoms with Crippen LogP contribution in [0.4, 0.5) is 11.8 Å². The van der Waals surface area contributed by atoms with E-state index in [0.717, 1.165) is 0 Å². The van der Waals surface area contributed by atoms with E-state index in [-0.39, 0.29) is 11.5 Å². The van der Waals surface area contributed by atoms with Crippen LogP contribution < -0.4 is 10.6 Å². The van der Waals surface area contributed by atoms with Crippen molar-refractivity contribution in [1.82, 2.24) is 19.9 Å². The van der Waals surface area contributed by atoms with Crippen LogP contribution in [-0.2, 0) is 9.84 Å². The van der Waals surface area contributed by atoms with Crippen LogP contribution in [0.15, 0.2) is 6.33 Å². The Morgan fingerprint density at radius 3 is 2.84 bits per heavy atom. The van der Waals surface area contributed by atoms with E-state index in [0.29, 0.717) is 29.5 Å².